The summed E-state index contributed by atoms with van der Waals surface area (Å²) in [7, 11) is 1.93. The first kappa shape index (κ1) is 16.0. The fraction of sp³-hybridized carbons (Fsp3) is 0.316. The molecule has 0 unspecified atom stereocenters. The summed E-state index contributed by atoms with van der Waals surface area (Å²) in [6.45, 7) is 2.08. The summed E-state index contributed by atoms with van der Waals surface area (Å²) < 4.78 is 0. The van der Waals surface area contributed by atoms with Gasteiger partial charge in [-0.15, -0.1) is 11.3 Å². The Kier molecular flexibility index (Phi) is 4.36. The number of likely N-dealkylation sites (tertiary alicyclic amines) is 1. The highest BCUT2D eigenvalue weighted by Gasteiger charge is 2.21. The number of carbonyl (C=O) groups is 1. The number of amides is 1. The van der Waals surface area contributed by atoms with Gasteiger partial charge in [-0.3, -0.25) is 4.79 Å². The van der Waals surface area contributed by atoms with E-state index < -0.39 is 0 Å². The van der Waals surface area contributed by atoms with Gasteiger partial charge in [-0.1, -0.05) is 18.2 Å². The number of carbonyl (C=O) groups excluding carboxylic acids is 1. The average molecular weight is 352 g/mol. The third-order valence-corrected chi connectivity index (χ3v) is 5.38. The molecule has 0 bridgehead atoms. The van der Waals surface area contributed by atoms with Gasteiger partial charge < -0.3 is 9.80 Å². The molecule has 2 aromatic heterocycles. The highest BCUT2D eigenvalue weighted by molar-refractivity contribution is 7.13. The largest absolute Gasteiger partial charge is 0.350 e. The van der Waals surface area contributed by atoms with Gasteiger partial charge in [0.1, 0.15) is 5.82 Å². The van der Waals surface area contributed by atoms with Crippen molar-refractivity contribution in [3.05, 3.63) is 41.8 Å². The van der Waals surface area contributed by atoms with Gasteiger partial charge in [-0.05, 0) is 36.4 Å². The first-order chi connectivity index (χ1) is 12.2. The van der Waals surface area contributed by atoms with Crippen LogP contribution in [0.25, 0.3) is 21.6 Å². The van der Waals surface area contributed by atoms with Gasteiger partial charge in [-0.2, -0.15) is 0 Å². The minimum atomic E-state index is 0.167. The van der Waals surface area contributed by atoms with E-state index in [9.17, 15) is 4.79 Å². The minimum Gasteiger partial charge on any atom is -0.350 e. The van der Waals surface area contributed by atoms with Crippen LogP contribution in [0.3, 0.4) is 0 Å². The average Bonchev–Trinajstić information content (AvgIpc) is 3.34. The summed E-state index contributed by atoms with van der Waals surface area (Å²) in [6, 6.07) is 12.0. The van der Waals surface area contributed by atoms with Crippen LogP contribution in [0.1, 0.15) is 12.8 Å². The summed E-state index contributed by atoms with van der Waals surface area (Å²) in [5.41, 5.74) is 0.899. The summed E-state index contributed by atoms with van der Waals surface area (Å²) in [5.74, 6) is 1.69. The van der Waals surface area contributed by atoms with Gasteiger partial charge in [0.2, 0.25) is 5.91 Å². The van der Waals surface area contributed by atoms with Crippen molar-refractivity contribution < 1.29 is 4.79 Å². The molecule has 0 N–H and O–H groups in total. The van der Waals surface area contributed by atoms with Crippen LogP contribution in [0.4, 0.5) is 5.82 Å². The zero-order valence-corrected chi connectivity index (χ0v) is 15.0. The lowest BCUT2D eigenvalue weighted by atomic mass is 10.2. The van der Waals surface area contributed by atoms with Crippen molar-refractivity contribution in [2.75, 3.05) is 31.6 Å². The van der Waals surface area contributed by atoms with Crippen LogP contribution in [0.15, 0.2) is 41.8 Å². The summed E-state index contributed by atoms with van der Waals surface area (Å²) in [5, 5.41) is 2.99. The quantitative estimate of drug-likeness (QED) is 0.722. The van der Waals surface area contributed by atoms with Gasteiger partial charge in [0.15, 0.2) is 5.82 Å². The number of hydrogen-bond donors (Lipinski definition) is 0. The molecule has 1 saturated heterocycles. The van der Waals surface area contributed by atoms with Crippen molar-refractivity contribution in [3.8, 4) is 10.7 Å². The van der Waals surface area contributed by atoms with Crippen molar-refractivity contribution in [1.29, 1.82) is 0 Å². The fourth-order valence-electron chi connectivity index (χ4n) is 3.21. The van der Waals surface area contributed by atoms with E-state index in [-0.39, 0.29) is 5.91 Å². The second-order valence-electron chi connectivity index (χ2n) is 6.31. The molecule has 128 valence electrons. The summed E-state index contributed by atoms with van der Waals surface area (Å²) >= 11 is 1.62. The first-order valence-corrected chi connectivity index (χ1v) is 9.40. The van der Waals surface area contributed by atoms with Gasteiger partial charge in [0, 0.05) is 25.5 Å². The minimum absolute atomic E-state index is 0.167. The predicted molar refractivity (Wildman–Crippen MR) is 102 cm³/mol. The van der Waals surface area contributed by atoms with E-state index in [0.717, 1.165) is 47.5 Å². The SMILES string of the molecule is CN(CC(=O)N1CCCC1)c1nc(-c2cccs2)nc2ccccc12. The van der Waals surface area contributed by atoms with E-state index in [2.05, 4.69) is 0 Å². The Morgan fingerprint density at radius 2 is 1.96 bits per heavy atom. The highest BCUT2D eigenvalue weighted by Crippen LogP contribution is 2.29. The number of aromatic nitrogens is 2. The van der Waals surface area contributed by atoms with Crippen molar-refractivity contribution in [1.82, 2.24) is 14.9 Å². The maximum Gasteiger partial charge on any atom is 0.242 e. The summed E-state index contributed by atoms with van der Waals surface area (Å²) in [4.78, 5) is 26.9. The number of fused-ring (bicyclic) bond motifs is 1. The zero-order chi connectivity index (χ0) is 17.2. The smallest absolute Gasteiger partial charge is 0.242 e. The van der Waals surface area contributed by atoms with E-state index in [4.69, 9.17) is 9.97 Å². The van der Waals surface area contributed by atoms with Gasteiger partial charge >= 0.3 is 0 Å². The maximum atomic E-state index is 12.5. The molecular weight excluding hydrogens is 332 g/mol. The van der Waals surface area contributed by atoms with E-state index in [0.29, 0.717) is 12.4 Å². The third-order valence-electron chi connectivity index (χ3n) is 4.52. The van der Waals surface area contributed by atoms with Gasteiger partial charge in [-0.25, -0.2) is 9.97 Å². The van der Waals surface area contributed by atoms with Crippen molar-refractivity contribution in [2.24, 2.45) is 0 Å². The number of nitrogens with zero attached hydrogens (tertiary/aromatic N) is 4. The molecule has 0 spiro atoms. The molecule has 1 fully saturated rings. The highest BCUT2D eigenvalue weighted by atomic mass is 32.1. The Bertz CT molecular complexity index is 888. The Hall–Kier alpha value is -2.47. The molecule has 0 radical (unpaired) electrons. The number of benzene rings is 1. The molecule has 1 aliphatic rings. The van der Waals surface area contributed by atoms with Gasteiger partial charge in [0.25, 0.3) is 0 Å². The first-order valence-electron chi connectivity index (χ1n) is 8.52. The van der Waals surface area contributed by atoms with E-state index >= 15 is 0 Å². The Labute approximate surface area is 150 Å². The van der Waals surface area contributed by atoms with Crippen molar-refractivity contribution in [3.63, 3.8) is 0 Å². The molecule has 6 heteroatoms. The molecule has 1 amide bonds. The lowest BCUT2D eigenvalue weighted by Crippen LogP contribution is -2.37. The topological polar surface area (TPSA) is 49.3 Å². The van der Waals surface area contributed by atoms with Crippen molar-refractivity contribution >= 4 is 34.0 Å². The van der Waals surface area contributed by atoms with E-state index in [1.807, 2.05) is 58.6 Å². The number of thiophene rings is 1. The monoisotopic (exact) mass is 352 g/mol. The molecule has 25 heavy (non-hydrogen) atoms. The molecule has 3 aromatic rings. The lowest BCUT2D eigenvalue weighted by Gasteiger charge is -2.23. The van der Waals surface area contributed by atoms with Crippen LogP contribution in [-0.2, 0) is 4.79 Å². The lowest BCUT2D eigenvalue weighted by molar-refractivity contribution is -0.128. The van der Waals surface area contributed by atoms with Crippen LogP contribution in [0.5, 0.6) is 0 Å². The van der Waals surface area contributed by atoms with Crippen LogP contribution in [0.2, 0.25) is 0 Å². The standard InChI is InChI=1S/C19H20N4OS/c1-22(13-17(24)23-10-4-5-11-23)19-14-7-2-3-8-15(14)20-18(21-19)16-9-6-12-25-16/h2-3,6-9,12H,4-5,10-11,13H2,1H3. The number of rotatable bonds is 4. The molecule has 0 atom stereocenters. The molecule has 1 aromatic carbocycles. The fourth-order valence-corrected chi connectivity index (χ4v) is 3.87. The molecule has 3 heterocycles. The molecule has 4 rings (SSSR count). The Morgan fingerprint density at radius 3 is 2.72 bits per heavy atom. The van der Waals surface area contributed by atoms with E-state index in [1.165, 1.54) is 0 Å². The number of hydrogen-bond acceptors (Lipinski definition) is 5. The second kappa shape index (κ2) is 6.80. The predicted octanol–water partition coefficient (Wildman–Crippen LogP) is 3.42. The zero-order valence-electron chi connectivity index (χ0n) is 14.2. The van der Waals surface area contributed by atoms with Crippen LogP contribution < -0.4 is 4.90 Å². The summed E-state index contributed by atoms with van der Waals surface area (Å²) in [6.07, 6.45) is 2.21. The number of likely N-dealkylation sites (N-methyl/N-ethyl adjacent to an activating group) is 1. The Morgan fingerprint density at radius 1 is 1.16 bits per heavy atom. The third kappa shape index (κ3) is 3.22. The molecule has 1 aliphatic heterocycles. The Balaban J connectivity index is 1.70. The second-order valence-corrected chi connectivity index (χ2v) is 7.26. The van der Waals surface area contributed by atoms with Crippen LogP contribution in [0, 0.1) is 0 Å². The molecule has 5 nitrogen and oxygen atoms in total. The number of para-hydroxylation sites is 1. The maximum absolute atomic E-state index is 12.5. The molecular formula is C19H20N4OS. The molecule has 0 aliphatic carbocycles. The molecule has 0 saturated carbocycles. The van der Waals surface area contributed by atoms with Crippen LogP contribution >= 0.6 is 11.3 Å². The van der Waals surface area contributed by atoms with Crippen molar-refractivity contribution in [2.45, 2.75) is 12.8 Å². The van der Waals surface area contributed by atoms with Gasteiger partial charge in [0.05, 0.1) is 16.9 Å². The number of anilines is 1. The van der Waals surface area contributed by atoms with Crippen LogP contribution in [-0.4, -0.2) is 47.5 Å². The van der Waals surface area contributed by atoms with E-state index in [1.54, 1.807) is 11.3 Å². The normalized spacial score (nSPS) is 14.2.